The summed E-state index contributed by atoms with van der Waals surface area (Å²) >= 11 is 0.406. The first-order valence-electron chi connectivity index (χ1n) is 6.30. The highest BCUT2D eigenvalue weighted by atomic mass is 35.5. The molecule has 21 heavy (non-hydrogen) atoms. The third kappa shape index (κ3) is 5.10. The largest absolute Gasteiger partial charge is 0.364 e. The van der Waals surface area contributed by atoms with Crippen LogP contribution in [0.4, 0.5) is 14.5 Å². The molecule has 1 saturated heterocycles. The first-order chi connectivity index (χ1) is 9.60. The Morgan fingerprint density at radius 2 is 2.14 bits per heavy atom. The van der Waals surface area contributed by atoms with Gasteiger partial charge in [0.05, 0.1) is 11.8 Å². The summed E-state index contributed by atoms with van der Waals surface area (Å²) in [6.45, 7) is 0.377. The van der Waals surface area contributed by atoms with Crippen LogP contribution in [0.15, 0.2) is 29.2 Å². The maximum Gasteiger partial charge on any atom is 0.288 e. The minimum Gasteiger partial charge on any atom is -0.364 e. The van der Waals surface area contributed by atoms with Crippen molar-refractivity contribution in [2.75, 3.05) is 11.9 Å². The monoisotopic (exact) mass is 338 g/mol. The maximum atomic E-state index is 12.4. The molecule has 1 heterocycles. The summed E-state index contributed by atoms with van der Waals surface area (Å²) in [7, 11) is 0. The predicted molar refractivity (Wildman–Crippen MR) is 81.1 cm³/mol. The van der Waals surface area contributed by atoms with Gasteiger partial charge in [-0.05, 0) is 25.0 Å². The molecule has 1 aliphatic heterocycles. The van der Waals surface area contributed by atoms with Crippen molar-refractivity contribution in [3.8, 4) is 0 Å². The molecule has 0 aromatic heterocycles. The van der Waals surface area contributed by atoms with E-state index in [2.05, 4.69) is 5.32 Å². The topological polar surface area (TPSA) is 64.4 Å². The Balaban J connectivity index is 0.00000220. The molecule has 2 atom stereocenters. The average molecular weight is 339 g/mol. The summed E-state index contributed by atoms with van der Waals surface area (Å²) in [5.41, 5.74) is 5.86. The standard InChI is InChI=1S/C13H16F2N2O2S.ClH/c14-13(15)20-11-4-2-1-3-9(11)17-12(18)10-6-5-8(7-16)19-10;/h1-4,8,10,13H,5-7,16H2,(H,17,18);1H/t8-,10+;/m1./s1. The number of benzene rings is 1. The number of anilines is 1. The zero-order chi connectivity index (χ0) is 14.5. The van der Waals surface area contributed by atoms with Gasteiger partial charge in [0.1, 0.15) is 6.10 Å². The number of carbonyl (C=O) groups is 1. The van der Waals surface area contributed by atoms with Gasteiger partial charge in [0, 0.05) is 11.4 Å². The first-order valence-corrected chi connectivity index (χ1v) is 7.18. The molecule has 0 bridgehead atoms. The highest BCUT2D eigenvalue weighted by molar-refractivity contribution is 7.99. The van der Waals surface area contributed by atoms with Crippen LogP contribution in [-0.2, 0) is 9.53 Å². The van der Waals surface area contributed by atoms with Gasteiger partial charge in [0.2, 0.25) is 0 Å². The van der Waals surface area contributed by atoms with Crippen LogP contribution in [0, 0.1) is 0 Å². The third-order valence-electron chi connectivity index (χ3n) is 3.02. The lowest BCUT2D eigenvalue weighted by Gasteiger charge is -2.14. The zero-order valence-electron chi connectivity index (χ0n) is 11.1. The van der Waals surface area contributed by atoms with Crippen LogP contribution in [0.5, 0.6) is 0 Å². The Bertz CT molecular complexity index is 479. The number of thioether (sulfide) groups is 1. The van der Waals surface area contributed by atoms with E-state index in [9.17, 15) is 13.6 Å². The van der Waals surface area contributed by atoms with E-state index in [-0.39, 0.29) is 24.4 Å². The van der Waals surface area contributed by atoms with Gasteiger partial charge in [0.15, 0.2) is 0 Å². The zero-order valence-corrected chi connectivity index (χ0v) is 12.8. The summed E-state index contributed by atoms with van der Waals surface area (Å²) in [5.74, 6) is -2.85. The number of alkyl halides is 2. The molecule has 1 aliphatic rings. The van der Waals surface area contributed by atoms with Crippen molar-refractivity contribution in [1.82, 2.24) is 0 Å². The van der Waals surface area contributed by atoms with Crippen molar-refractivity contribution in [3.05, 3.63) is 24.3 Å². The molecule has 118 valence electrons. The highest BCUT2D eigenvalue weighted by Gasteiger charge is 2.30. The van der Waals surface area contributed by atoms with Gasteiger partial charge in [-0.2, -0.15) is 8.78 Å². The Hall–Kier alpha value is -0.890. The van der Waals surface area contributed by atoms with Crippen molar-refractivity contribution in [2.24, 2.45) is 5.73 Å². The summed E-state index contributed by atoms with van der Waals surface area (Å²) in [6.07, 6.45) is 0.671. The number of nitrogens with two attached hydrogens (primary N) is 1. The normalized spacial score (nSPS) is 21.1. The smallest absolute Gasteiger partial charge is 0.288 e. The summed E-state index contributed by atoms with van der Waals surface area (Å²) in [5, 5.41) is 2.64. The number of nitrogens with one attached hydrogen (secondary N) is 1. The third-order valence-corrected chi connectivity index (χ3v) is 3.81. The molecule has 0 radical (unpaired) electrons. The van der Waals surface area contributed by atoms with E-state index in [1.165, 1.54) is 0 Å². The SMILES string of the molecule is Cl.NC[C@H]1CC[C@@H](C(=O)Nc2ccccc2SC(F)F)O1. The Morgan fingerprint density at radius 3 is 2.76 bits per heavy atom. The van der Waals surface area contributed by atoms with Crippen LogP contribution < -0.4 is 11.1 Å². The molecule has 0 saturated carbocycles. The summed E-state index contributed by atoms with van der Waals surface area (Å²) in [4.78, 5) is 12.4. The Labute approximate surface area is 132 Å². The quantitative estimate of drug-likeness (QED) is 0.810. The molecule has 0 aliphatic carbocycles. The fourth-order valence-corrected chi connectivity index (χ4v) is 2.65. The van der Waals surface area contributed by atoms with E-state index in [1.807, 2.05) is 0 Å². The number of ether oxygens (including phenoxy) is 1. The van der Waals surface area contributed by atoms with Crippen LogP contribution in [0.2, 0.25) is 0 Å². The van der Waals surface area contributed by atoms with Gasteiger partial charge >= 0.3 is 0 Å². The van der Waals surface area contributed by atoms with E-state index >= 15 is 0 Å². The Morgan fingerprint density at radius 1 is 1.43 bits per heavy atom. The average Bonchev–Trinajstić information content (AvgIpc) is 2.89. The number of hydrogen-bond acceptors (Lipinski definition) is 4. The van der Waals surface area contributed by atoms with Crippen molar-refractivity contribution in [3.63, 3.8) is 0 Å². The molecule has 1 fully saturated rings. The number of halogens is 3. The van der Waals surface area contributed by atoms with Crippen LogP contribution in [-0.4, -0.2) is 30.4 Å². The second-order valence-corrected chi connectivity index (χ2v) is 5.46. The maximum absolute atomic E-state index is 12.4. The molecule has 1 amide bonds. The number of rotatable bonds is 5. The lowest BCUT2D eigenvalue weighted by Crippen LogP contribution is -2.30. The van der Waals surface area contributed by atoms with Gasteiger partial charge in [-0.15, -0.1) is 12.4 Å². The highest BCUT2D eigenvalue weighted by Crippen LogP contribution is 2.32. The molecular formula is C13H17ClF2N2O2S. The molecule has 8 heteroatoms. The minimum absolute atomic E-state index is 0. The van der Waals surface area contributed by atoms with Crippen molar-refractivity contribution in [2.45, 2.75) is 35.7 Å². The fourth-order valence-electron chi connectivity index (χ4n) is 2.05. The molecule has 2 rings (SSSR count). The van der Waals surface area contributed by atoms with Crippen LogP contribution in [0.3, 0.4) is 0 Å². The van der Waals surface area contributed by atoms with Gasteiger partial charge in [-0.1, -0.05) is 23.9 Å². The number of carbonyl (C=O) groups excluding carboxylic acids is 1. The first kappa shape index (κ1) is 18.2. The van der Waals surface area contributed by atoms with E-state index in [4.69, 9.17) is 10.5 Å². The van der Waals surface area contributed by atoms with Crippen LogP contribution in [0.1, 0.15) is 12.8 Å². The Kier molecular flexibility index (Phi) is 7.37. The van der Waals surface area contributed by atoms with Crippen molar-refractivity contribution >= 4 is 35.8 Å². The summed E-state index contributed by atoms with van der Waals surface area (Å²) < 4.78 is 30.4. The lowest BCUT2D eigenvalue weighted by molar-refractivity contribution is -0.126. The fraction of sp³-hybridized carbons (Fsp3) is 0.462. The van der Waals surface area contributed by atoms with Crippen LogP contribution in [0.25, 0.3) is 0 Å². The van der Waals surface area contributed by atoms with E-state index < -0.39 is 11.9 Å². The molecule has 3 N–H and O–H groups in total. The molecule has 0 unspecified atom stereocenters. The lowest BCUT2D eigenvalue weighted by atomic mass is 10.2. The minimum atomic E-state index is -2.53. The van der Waals surface area contributed by atoms with Crippen molar-refractivity contribution in [1.29, 1.82) is 0 Å². The van der Waals surface area contributed by atoms with Gasteiger partial charge in [0.25, 0.3) is 11.7 Å². The number of hydrogen-bond donors (Lipinski definition) is 2. The van der Waals surface area contributed by atoms with E-state index in [1.54, 1.807) is 24.3 Å². The van der Waals surface area contributed by atoms with Crippen LogP contribution >= 0.6 is 24.2 Å². The number of amides is 1. The molecule has 1 aromatic rings. The second-order valence-electron chi connectivity index (χ2n) is 4.42. The van der Waals surface area contributed by atoms with Gasteiger partial charge in [-0.25, -0.2) is 0 Å². The molecular weight excluding hydrogens is 322 g/mol. The number of para-hydroxylation sites is 1. The second kappa shape index (κ2) is 8.53. The van der Waals surface area contributed by atoms with E-state index in [0.717, 1.165) is 6.42 Å². The molecule has 1 aromatic carbocycles. The summed E-state index contributed by atoms with van der Waals surface area (Å²) in [6, 6.07) is 6.48. The van der Waals surface area contributed by atoms with Crippen molar-refractivity contribution < 1.29 is 18.3 Å². The van der Waals surface area contributed by atoms with E-state index in [0.29, 0.717) is 35.3 Å². The molecule has 0 spiro atoms. The molecule has 4 nitrogen and oxygen atoms in total. The van der Waals surface area contributed by atoms with Gasteiger partial charge in [-0.3, -0.25) is 4.79 Å². The predicted octanol–water partition coefficient (Wildman–Crippen LogP) is 2.87. The van der Waals surface area contributed by atoms with Gasteiger partial charge < -0.3 is 15.8 Å².